The summed E-state index contributed by atoms with van der Waals surface area (Å²) in [6.07, 6.45) is 1.82. The maximum atomic E-state index is 12.9. The fraction of sp³-hybridized carbons (Fsp3) is 0.409. The highest BCUT2D eigenvalue weighted by Gasteiger charge is 2.26. The number of carbonyl (C=O) groups is 1. The Labute approximate surface area is 178 Å². The number of nitrogens with zero attached hydrogens (tertiary/aromatic N) is 1. The van der Waals surface area contributed by atoms with Crippen LogP contribution < -0.4 is 14.2 Å². The van der Waals surface area contributed by atoms with E-state index in [2.05, 4.69) is 4.72 Å². The number of nitrogens with one attached hydrogen (secondary N) is 1. The molecule has 7 nitrogen and oxygen atoms in total. The van der Waals surface area contributed by atoms with Gasteiger partial charge in [0, 0.05) is 32.1 Å². The van der Waals surface area contributed by atoms with Crippen LogP contribution in [0.15, 0.2) is 53.4 Å². The summed E-state index contributed by atoms with van der Waals surface area (Å²) in [7, 11) is -0.865. The van der Waals surface area contributed by atoms with Crippen LogP contribution in [0.25, 0.3) is 0 Å². The second-order valence-corrected chi connectivity index (χ2v) is 9.10. The maximum absolute atomic E-state index is 12.9. The van der Waals surface area contributed by atoms with Crippen molar-refractivity contribution in [3.63, 3.8) is 0 Å². The molecule has 0 spiro atoms. The standard InChI is InChI=1S/C22H28N2O5S/c1-28-19-9-10-20(29-2)21(14-19)30(26,27)23-15-17-8-11-22(25)24(13-12-17)16-18-6-4-3-5-7-18/h3-7,9-10,14,17,23H,8,11-13,15-16H2,1-2H3. The van der Waals surface area contributed by atoms with E-state index in [1.54, 1.807) is 12.1 Å². The van der Waals surface area contributed by atoms with E-state index in [0.29, 0.717) is 31.7 Å². The van der Waals surface area contributed by atoms with Gasteiger partial charge in [-0.3, -0.25) is 4.79 Å². The van der Waals surface area contributed by atoms with Crippen molar-refractivity contribution in [1.82, 2.24) is 9.62 Å². The second kappa shape index (κ2) is 9.95. The fourth-order valence-electron chi connectivity index (χ4n) is 3.57. The van der Waals surface area contributed by atoms with Crippen molar-refractivity contribution in [2.75, 3.05) is 27.3 Å². The van der Waals surface area contributed by atoms with Gasteiger partial charge < -0.3 is 14.4 Å². The molecule has 2 aromatic rings. The summed E-state index contributed by atoms with van der Waals surface area (Å²) in [5, 5.41) is 0. The van der Waals surface area contributed by atoms with Gasteiger partial charge in [0.05, 0.1) is 14.2 Å². The third-order valence-corrected chi connectivity index (χ3v) is 6.81. The smallest absolute Gasteiger partial charge is 0.244 e. The van der Waals surface area contributed by atoms with Gasteiger partial charge in [0.15, 0.2) is 0 Å². The van der Waals surface area contributed by atoms with E-state index < -0.39 is 10.0 Å². The molecular formula is C22H28N2O5S. The highest BCUT2D eigenvalue weighted by atomic mass is 32.2. The van der Waals surface area contributed by atoms with Crippen LogP contribution in [0.4, 0.5) is 0 Å². The number of ether oxygens (including phenoxy) is 2. The monoisotopic (exact) mass is 432 g/mol. The first-order valence-electron chi connectivity index (χ1n) is 9.96. The minimum absolute atomic E-state index is 0.0414. The number of rotatable bonds is 8. The highest BCUT2D eigenvalue weighted by Crippen LogP contribution is 2.28. The first kappa shape index (κ1) is 22.1. The lowest BCUT2D eigenvalue weighted by Gasteiger charge is -2.21. The Hall–Kier alpha value is -2.58. The van der Waals surface area contributed by atoms with Gasteiger partial charge in [0.2, 0.25) is 15.9 Å². The summed E-state index contributed by atoms with van der Waals surface area (Å²) < 4.78 is 38.7. The molecule has 0 radical (unpaired) electrons. The highest BCUT2D eigenvalue weighted by molar-refractivity contribution is 7.89. The third kappa shape index (κ3) is 5.52. The van der Waals surface area contributed by atoms with Crippen molar-refractivity contribution in [1.29, 1.82) is 0 Å². The van der Waals surface area contributed by atoms with Crippen LogP contribution in [0, 0.1) is 5.92 Å². The van der Waals surface area contributed by atoms with Crippen molar-refractivity contribution in [3.8, 4) is 11.5 Å². The summed E-state index contributed by atoms with van der Waals surface area (Å²) in [5.41, 5.74) is 1.09. The Balaban J connectivity index is 1.63. The summed E-state index contributed by atoms with van der Waals surface area (Å²) >= 11 is 0. The molecule has 162 valence electrons. The molecule has 2 aromatic carbocycles. The van der Waals surface area contributed by atoms with Crippen LogP contribution in [0.3, 0.4) is 0 Å². The number of amides is 1. The van der Waals surface area contributed by atoms with E-state index >= 15 is 0 Å². The molecule has 0 saturated carbocycles. The van der Waals surface area contributed by atoms with Crippen LogP contribution in [0.2, 0.25) is 0 Å². The van der Waals surface area contributed by atoms with E-state index in [4.69, 9.17) is 9.47 Å². The van der Waals surface area contributed by atoms with Gasteiger partial charge >= 0.3 is 0 Å². The van der Waals surface area contributed by atoms with Gasteiger partial charge in [-0.2, -0.15) is 0 Å². The van der Waals surface area contributed by atoms with E-state index in [0.717, 1.165) is 12.0 Å². The Kier molecular flexibility index (Phi) is 7.33. The average Bonchev–Trinajstić information content (AvgIpc) is 2.94. The number of carbonyl (C=O) groups excluding carboxylic acids is 1. The molecule has 1 amide bonds. The van der Waals surface area contributed by atoms with E-state index in [-0.39, 0.29) is 29.0 Å². The molecule has 0 bridgehead atoms. The van der Waals surface area contributed by atoms with Crippen molar-refractivity contribution in [2.24, 2.45) is 5.92 Å². The molecule has 1 N–H and O–H groups in total. The molecular weight excluding hydrogens is 404 g/mol. The predicted molar refractivity (Wildman–Crippen MR) is 114 cm³/mol. The minimum atomic E-state index is -3.78. The number of hydrogen-bond acceptors (Lipinski definition) is 5. The van der Waals surface area contributed by atoms with E-state index in [9.17, 15) is 13.2 Å². The van der Waals surface area contributed by atoms with Crippen molar-refractivity contribution < 1.29 is 22.7 Å². The number of sulfonamides is 1. The molecule has 1 unspecified atom stereocenters. The number of hydrogen-bond donors (Lipinski definition) is 1. The van der Waals surface area contributed by atoms with Crippen LogP contribution in [0.1, 0.15) is 24.8 Å². The zero-order valence-corrected chi connectivity index (χ0v) is 18.2. The van der Waals surface area contributed by atoms with Crippen molar-refractivity contribution >= 4 is 15.9 Å². The van der Waals surface area contributed by atoms with Gasteiger partial charge in [0.1, 0.15) is 16.4 Å². The van der Waals surface area contributed by atoms with Gasteiger partial charge in [-0.05, 0) is 36.5 Å². The molecule has 8 heteroatoms. The first-order valence-corrected chi connectivity index (χ1v) is 11.4. The molecule has 1 heterocycles. The van der Waals surface area contributed by atoms with E-state index in [1.165, 1.54) is 20.3 Å². The first-order chi connectivity index (χ1) is 14.4. The predicted octanol–water partition coefficient (Wildman–Crippen LogP) is 2.81. The zero-order chi connectivity index (χ0) is 21.6. The lowest BCUT2D eigenvalue weighted by Crippen LogP contribution is -2.31. The number of benzene rings is 2. The molecule has 1 saturated heterocycles. The van der Waals surface area contributed by atoms with Gasteiger partial charge in [0.25, 0.3) is 0 Å². The molecule has 3 rings (SSSR count). The normalized spacial score (nSPS) is 17.5. The quantitative estimate of drug-likeness (QED) is 0.693. The van der Waals surface area contributed by atoms with E-state index in [1.807, 2.05) is 35.2 Å². The Morgan fingerprint density at radius 2 is 1.83 bits per heavy atom. The van der Waals surface area contributed by atoms with Crippen LogP contribution in [0.5, 0.6) is 11.5 Å². The Bertz CT molecular complexity index is 963. The summed E-state index contributed by atoms with van der Waals surface area (Å²) in [5.74, 6) is 0.890. The SMILES string of the molecule is COc1ccc(OC)c(S(=O)(=O)NCC2CCC(=O)N(Cc3ccccc3)CC2)c1. The van der Waals surface area contributed by atoms with Gasteiger partial charge in [-0.1, -0.05) is 30.3 Å². The molecule has 1 fully saturated rings. The Morgan fingerprint density at radius 3 is 2.53 bits per heavy atom. The maximum Gasteiger partial charge on any atom is 0.244 e. The lowest BCUT2D eigenvalue weighted by molar-refractivity contribution is -0.131. The molecule has 1 aliphatic rings. The fourth-order valence-corrected chi connectivity index (χ4v) is 4.87. The molecule has 1 atom stereocenters. The van der Waals surface area contributed by atoms with Crippen molar-refractivity contribution in [3.05, 3.63) is 54.1 Å². The van der Waals surface area contributed by atoms with Crippen LogP contribution in [-0.2, 0) is 21.4 Å². The number of likely N-dealkylation sites (tertiary alicyclic amines) is 1. The van der Waals surface area contributed by atoms with Crippen LogP contribution >= 0.6 is 0 Å². The molecule has 0 aliphatic carbocycles. The minimum Gasteiger partial charge on any atom is -0.497 e. The summed E-state index contributed by atoms with van der Waals surface area (Å²) in [6.45, 7) is 1.47. The zero-order valence-electron chi connectivity index (χ0n) is 17.3. The summed E-state index contributed by atoms with van der Waals surface area (Å²) in [4.78, 5) is 14.4. The second-order valence-electron chi connectivity index (χ2n) is 7.36. The van der Waals surface area contributed by atoms with Crippen molar-refractivity contribution in [2.45, 2.75) is 30.7 Å². The molecule has 1 aliphatic heterocycles. The third-order valence-electron chi connectivity index (χ3n) is 5.37. The largest absolute Gasteiger partial charge is 0.497 e. The molecule has 0 aromatic heterocycles. The van der Waals surface area contributed by atoms with Gasteiger partial charge in [-0.25, -0.2) is 13.1 Å². The molecule has 30 heavy (non-hydrogen) atoms. The summed E-state index contributed by atoms with van der Waals surface area (Å²) in [6, 6.07) is 14.5. The Morgan fingerprint density at radius 1 is 1.07 bits per heavy atom. The van der Waals surface area contributed by atoms with Crippen LogP contribution in [-0.4, -0.2) is 46.5 Å². The van der Waals surface area contributed by atoms with Gasteiger partial charge in [-0.15, -0.1) is 0 Å². The number of methoxy groups -OCH3 is 2. The topological polar surface area (TPSA) is 84.9 Å². The average molecular weight is 433 g/mol. The lowest BCUT2D eigenvalue weighted by atomic mass is 10.0.